The number of hydrogen-bond acceptors (Lipinski definition) is 8. The molecule has 0 aliphatic heterocycles. The van der Waals surface area contributed by atoms with Gasteiger partial charge < -0.3 is 32.3 Å². The molecule has 0 aliphatic rings. The van der Waals surface area contributed by atoms with Crippen LogP contribution in [0.25, 0.3) is 0 Å². The van der Waals surface area contributed by atoms with E-state index in [1.165, 1.54) is 0 Å². The molecular formula is C23H29F3N6O7S. The van der Waals surface area contributed by atoms with Crippen molar-refractivity contribution < 1.29 is 46.2 Å². The van der Waals surface area contributed by atoms with Crippen LogP contribution in [0.1, 0.15) is 22.3 Å². The van der Waals surface area contributed by atoms with Gasteiger partial charge in [-0.3, -0.25) is 15.0 Å². The van der Waals surface area contributed by atoms with E-state index in [1.54, 1.807) is 48.5 Å². The van der Waals surface area contributed by atoms with E-state index in [-0.39, 0.29) is 18.1 Å². The van der Waals surface area contributed by atoms with Gasteiger partial charge in [0, 0.05) is 18.7 Å². The Morgan fingerprint density at radius 1 is 0.950 bits per heavy atom. The van der Waals surface area contributed by atoms with Crippen molar-refractivity contribution in [2.75, 3.05) is 13.2 Å². The number of alkyl halides is 3. The summed E-state index contributed by atoms with van der Waals surface area (Å²) in [6, 6.07) is 11.9. The van der Waals surface area contributed by atoms with E-state index in [0.717, 1.165) is 11.1 Å². The molecule has 2 rings (SSSR count). The second-order valence-corrected chi connectivity index (χ2v) is 9.79. The van der Waals surface area contributed by atoms with Crippen molar-refractivity contribution in [3.8, 4) is 0 Å². The van der Waals surface area contributed by atoms with Crippen LogP contribution in [0.15, 0.2) is 48.5 Å². The van der Waals surface area contributed by atoms with Gasteiger partial charge in [-0.05, 0) is 16.7 Å². The molecule has 2 amide bonds. The average Bonchev–Trinajstić information content (AvgIpc) is 2.89. The van der Waals surface area contributed by atoms with Crippen LogP contribution >= 0.6 is 0 Å². The molecule has 0 spiro atoms. The van der Waals surface area contributed by atoms with Crippen molar-refractivity contribution in [3.63, 3.8) is 0 Å². The summed E-state index contributed by atoms with van der Waals surface area (Å²) in [6.07, 6.45) is -5.08. The van der Waals surface area contributed by atoms with Gasteiger partial charge in [-0.2, -0.15) is 13.2 Å². The number of benzene rings is 2. The van der Waals surface area contributed by atoms with Gasteiger partial charge in [-0.25, -0.2) is 17.9 Å². The second-order valence-electron chi connectivity index (χ2n) is 8.04. The molecule has 0 heterocycles. The Balaban J connectivity index is 0.00000101. The minimum absolute atomic E-state index is 0.0631. The molecule has 0 aliphatic carbocycles. The van der Waals surface area contributed by atoms with E-state index in [9.17, 15) is 36.3 Å². The number of amidine groups is 1. The predicted octanol–water partition coefficient (Wildman–Crippen LogP) is -0.724. The molecule has 0 aromatic heterocycles. The number of aliphatic hydroxyl groups is 1. The molecule has 0 saturated heterocycles. The Morgan fingerprint density at radius 3 is 1.90 bits per heavy atom. The van der Waals surface area contributed by atoms with Crippen molar-refractivity contribution in [1.82, 2.24) is 15.4 Å². The number of carboxylic acid groups (broad SMARTS) is 1. The van der Waals surface area contributed by atoms with Crippen LogP contribution in [-0.2, 0) is 43.2 Å². The fourth-order valence-corrected chi connectivity index (χ4v) is 4.11. The van der Waals surface area contributed by atoms with Gasteiger partial charge >= 0.3 is 12.1 Å². The van der Waals surface area contributed by atoms with Crippen LogP contribution in [0, 0.1) is 5.41 Å². The predicted molar refractivity (Wildman–Crippen MR) is 137 cm³/mol. The average molecular weight is 591 g/mol. The number of sulfonamides is 1. The van der Waals surface area contributed by atoms with Crippen LogP contribution in [0.2, 0.25) is 0 Å². The summed E-state index contributed by atoms with van der Waals surface area (Å²) in [4.78, 5) is 33.1. The number of aliphatic hydroxyl groups excluding tert-OH is 1. The van der Waals surface area contributed by atoms with Gasteiger partial charge in [0.15, 0.2) is 0 Å². The molecule has 0 fully saturated rings. The third-order valence-electron chi connectivity index (χ3n) is 4.86. The summed E-state index contributed by atoms with van der Waals surface area (Å²) in [5.74, 6) is -4.54. The zero-order valence-corrected chi connectivity index (χ0v) is 21.7. The first-order valence-electron chi connectivity index (χ1n) is 11.2. The summed E-state index contributed by atoms with van der Waals surface area (Å²) in [5, 5.41) is 28.8. The molecule has 2 aromatic rings. The normalized spacial score (nSPS) is 11.9. The number of hydrogen-bond donors (Lipinski definition) is 8. The van der Waals surface area contributed by atoms with Gasteiger partial charge in [-0.15, -0.1) is 0 Å². The van der Waals surface area contributed by atoms with Crippen LogP contribution in [-0.4, -0.2) is 67.6 Å². The summed E-state index contributed by atoms with van der Waals surface area (Å²) in [7, 11) is -3.93. The SMILES string of the molecule is N=C(N)c1ccc(CNC(=O)CNC(=O)[C@@H](CO)NS(=O)(=O)Cc2ccc(CN)cc2)cc1.O=C(O)C(F)(F)F. The molecule has 0 radical (unpaired) electrons. The third kappa shape index (κ3) is 12.7. The summed E-state index contributed by atoms with van der Waals surface area (Å²) >= 11 is 0. The van der Waals surface area contributed by atoms with Crippen LogP contribution in [0.4, 0.5) is 13.2 Å². The standard InChI is InChI=1S/C21H28N6O5S.C2HF3O2/c22-9-14-1-3-16(4-2-14)13-33(31,32)27-18(12-28)21(30)26-11-19(29)25-10-15-5-7-17(8-6-15)20(23)24;3-2(4,5)1(6)7/h1-8,18,27-28H,9-13,22H2,(H3,23,24)(H,25,29)(H,26,30);(H,6,7)/t18-;/m1./s1. The molecule has 13 nitrogen and oxygen atoms in total. The lowest BCUT2D eigenvalue weighted by Crippen LogP contribution is -2.50. The molecule has 1 atom stereocenters. The Labute approximate surface area is 227 Å². The lowest BCUT2D eigenvalue weighted by molar-refractivity contribution is -0.192. The molecular weight excluding hydrogens is 561 g/mol. The first-order valence-corrected chi connectivity index (χ1v) is 12.9. The number of aliphatic carboxylic acids is 1. The van der Waals surface area contributed by atoms with Crippen molar-refractivity contribution >= 4 is 33.6 Å². The van der Waals surface area contributed by atoms with E-state index in [4.69, 9.17) is 26.8 Å². The lowest BCUT2D eigenvalue weighted by Gasteiger charge is -2.16. The Hall–Kier alpha value is -4.06. The fraction of sp³-hybridized carbons (Fsp3) is 0.304. The van der Waals surface area contributed by atoms with Crippen LogP contribution < -0.4 is 26.8 Å². The monoisotopic (exact) mass is 590 g/mol. The first-order chi connectivity index (χ1) is 18.6. The quantitative estimate of drug-likeness (QED) is 0.115. The third-order valence-corrected chi connectivity index (χ3v) is 6.21. The Morgan fingerprint density at radius 2 is 1.45 bits per heavy atom. The number of carbonyl (C=O) groups is 3. The summed E-state index contributed by atoms with van der Waals surface area (Å²) < 4.78 is 58.6. The molecule has 0 saturated carbocycles. The van der Waals surface area contributed by atoms with E-state index >= 15 is 0 Å². The van der Waals surface area contributed by atoms with E-state index in [2.05, 4.69) is 15.4 Å². The highest BCUT2D eigenvalue weighted by Crippen LogP contribution is 2.13. The van der Waals surface area contributed by atoms with Crippen molar-refractivity contribution in [1.29, 1.82) is 5.41 Å². The van der Waals surface area contributed by atoms with Crippen molar-refractivity contribution in [2.45, 2.75) is 31.1 Å². The topological polar surface area (TPSA) is 238 Å². The van der Waals surface area contributed by atoms with Gasteiger partial charge in [0.05, 0.1) is 18.9 Å². The van der Waals surface area contributed by atoms with Crippen molar-refractivity contribution in [2.24, 2.45) is 11.5 Å². The lowest BCUT2D eigenvalue weighted by atomic mass is 10.1. The number of nitrogen functional groups attached to an aromatic ring is 1. The maximum Gasteiger partial charge on any atom is 0.490 e. The van der Waals surface area contributed by atoms with Gasteiger partial charge in [0.2, 0.25) is 21.8 Å². The number of amides is 2. The first kappa shape index (κ1) is 34.0. The molecule has 40 heavy (non-hydrogen) atoms. The molecule has 17 heteroatoms. The minimum atomic E-state index is -5.08. The molecule has 2 aromatic carbocycles. The molecule has 0 bridgehead atoms. The van der Waals surface area contributed by atoms with Gasteiger partial charge in [0.1, 0.15) is 11.9 Å². The van der Waals surface area contributed by atoms with Crippen LogP contribution in [0.5, 0.6) is 0 Å². The molecule has 220 valence electrons. The van der Waals surface area contributed by atoms with Gasteiger partial charge in [-0.1, -0.05) is 48.5 Å². The molecule has 10 N–H and O–H groups in total. The number of nitrogens with two attached hydrogens (primary N) is 2. The highest BCUT2D eigenvalue weighted by Gasteiger charge is 2.38. The zero-order valence-electron chi connectivity index (χ0n) is 20.9. The Kier molecular flexibility index (Phi) is 13.2. The van der Waals surface area contributed by atoms with Crippen molar-refractivity contribution in [3.05, 3.63) is 70.8 Å². The Bertz CT molecular complexity index is 1270. The highest BCUT2D eigenvalue weighted by atomic mass is 32.2. The summed E-state index contributed by atoms with van der Waals surface area (Å²) in [5.41, 5.74) is 13.6. The van der Waals surface area contributed by atoms with E-state index in [0.29, 0.717) is 17.7 Å². The second kappa shape index (κ2) is 15.5. The van der Waals surface area contributed by atoms with Gasteiger partial charge in [0.25, 0.3) is 0 Å². The molecule has 0 unspecified atom stereocenters. The van der Waals surface area contributed by atoms with Crippen LogP contribution in [0.3, 0.4) is 0 Å². The summed E-state index contributed by atoms with van der Waals surface area (Å²) in [6.45, 7) is -0.659. The maximum absolute atomic E-state index is 12.4. The fourth-order valence-electron chi connectivity index (χ4n) is 2.78. The van der Waals surface area contributed by atoms with E-state index < -0.39 is 53.2 Å². The number of carbonyl (C=O) groups excluding carboxylic acids is 2. The number of carboxylic acids is 1. The van der Waals surface area contributed by atoms with E-state index in [1.807, 2.05) is 0 Å². The highest BCUT2D eigenvalue weighted by molar-refractivity contribution is 7.88. The zero-order chi connectivity index (χ0) is 30.5. The number of rotatable bonds is 12. The largest absolute Gasteiger partial charge is 0.490 e. The maximum atomic E-state index is 12.4. The minimum Gasteiger partial charge on any atom is -0.475 e. The number of nitrogens with one attached hydrogen (secondary N) is 4. The number of halogens is 3. The smallest absolute Gasteiger partial charge is 0.475 e.